The molecule has 4 nitrogen and oxygen atoms in total. The molecule has 0 radical (unpaired) electrons. The molecule has 1 aliphatic heterocycles. The molecule has 2 rings (SSSR count). The molecule has 0 bridgehead atoms. The van der Waals surface area contributed by atoms with Gasteiger partial charge in [-0.15, -0.1) is 0 Å². The van der Waals surface area contributed by atoms with E-state index in [1.165, 1.54) is 0 Å². The van der Waals surface area contributed by atoms with Crippen molar-refractivity contribution >= 4 is 18.6 Å². The Balaban J connectivity index is 1.56. The zero-order valence-corrected chi connectivity index (χ0v) is 12.2. The van der Waals surface area contributed by atoms with Crippen LogP contribution in [0.15, 0.2) is 24.3 Å². The Morgan fingerprint density at radius 1 is 1.29 bits per heavy atom. The van der Waals surface area contributed by atoms with Crippen LogP contribution in [0.2, 0.25) is 0 Å². The second-order valence-corrected chi connectivity index (χ2v) is 5.19. The van der Waals surface area contributed by atoms with E-state index in [2.05, 4.69) is 17.4 Å². The number of esters is 1. The van der Waals surface area contributed by atoms with Gasteiger partial charge in [0.25, 0.3) is 0 Å². The maximum absolute atomic E-state index is 12.4. The zero-order valence-electron chi connectivity index (χ0n) is 11.3. The largest absolute Gasteiger partial charge is 0.494 e. The summed E-state index contributed by atoms with van der Waals surface area (Å²) in [4.78, 5) is 10.7. The minimum Gasteiger partial charge on any atom is -0.494 e. The van der Waals surface area contributed by atoms with Crippen molar-refractivity contribution in [1.82, 2.24) is 0 Å². The van der Waals surface area contributed by atoms with E-state index in [-0.39, 0.29) is 12.7 Å². The lowest BCUT2D eigenvalue weighted by Gasteiger charge is -2.09. The Kier molecular flexibility index (Phi) is 5.41. The van der Waals surface area contributed by atoms with Crippen LogP contribution in [0.25, 0.3) is 0 Å². The number of rotatable bonds is 8. The predicted octanol–water partition coefficient (Wildman–Crippen LogP) is 2.98. The van der Waals surface area contributed by atoms with E-state index in [0.29, 0.717) is 19.4 Å². The molecule has 1 saturated heterocycles. The smallest absolute Gasteiger partial charge is 0.388 e. The van der Waals surface area contributed by atoms with Crippen LogP contribution in [-0.2, 0) is 14.3 Å². The van der Waals surface area contributed by atoms with Gasteiger partial charge in [0, 0.05) is 0 Å². The molecule has 1 aromatic carbocycles. The van der Waals surface area contributed by atoms with Crippen molar-refractivity contribution in [2.75, 3.05) is 19.8 Å². The fraction of sp³-hybridized carbons (Fsp3) is 0.500. The van der Waals surface area contributed by atoms with E-state index in [9.17, 15) is 13.6 Å². The first kappa shape index (κ1) is 16.0. The number of carbonyl (C=O) groups excluding carboxylic acids is 1. The average Bonchev–Trinajstić information content (AvgIpc) is 3.26. The fourth-order valence-electron chi connectivity index (χ4n) is 1.67. The fourth-order valence-corrected chi connectivity index (χ4v) is 1.73. The third-order valence-electron chi connectivity index (χ3n) is 2.87. The van der Waals surface area contributed by atoms with Gasteiger partial charge >= 0.3 is 11.2 Å². The lowest BCUT2D eigenvalue weighted by Crippen LogP contribution is -2.24. The number of hydrogen-bond acceptors (Lipinski definition) is 5. The summed E-state index contributed by atoms with van der Waals surface area (Å²) >= 11 is 2.83. The highest BCUT2D eigenvalue weighted by molar-refractivity contribution is 7.82. The summed E-state index contributed by atoms with van der Waals surface area (Å²) in [6.45, 7) is 1.12. The first-order valence-electron chi connectivity index (χ1n) is 6.58. The van der Waals surface area contributed by atoms with Gasteiger partial charge in [0.05, 0.1) is 19.8 Å². The van der Waals surface area contributed by atoms with E-state index in [0.717, 1.165) is 17.9 Å². The summed E-state index contributed by atoms with van der Waals surface area (Å²) in [5.74, 6) is -0.886. The number of alkyl halides is 2. The Morgan fingerprint density at radius 3 is 2.48 bits per heavy atom. The number of benzene rings is 1. The number of unbranched alkanes of at least 4 members (excludes halogenated alkanes) is 1. The number of ether oxygens (including phenoxy) is 3. The van der Waals surface area contributed by atoms with E-state index in [1.807, 2.05) is 24.3 Å². The molecule has 1 atom stereocenters. The van der Waals surface area contributed by atoms with E-state index in [1.54, 1.807) is 0 Å². The average molecular weight is 318 g/mol. The highest BCUT2D eigenvalue weighted by Crippen LogP contribution is 2.30. The molecule has 0 N–H and O–H groups in total. The van der Waals surface area contributed by atoms with Crippen molar-refractivity contribution in [2.24, 2.45) is 0 Å². The molecule has 0 saturated carbocycles. The molecule has 0 aliphatic carbocycles. The molecule has 0 aromatic heterocycles. The summed E-state index contributed by atoms with van der Waals surface area (Å²) in [7, 11) is 0. The third kappa shape index (κ3) is 5.51. The van der Waals surface area contributed by atoms with Crippen molar-refractivity contribution in [3.05, 3.63) is 29.8 Å². The van der Waals surface area contributed by atoms with Gasteiger partial charge in [0.2, 0.25) is 0 Å². The number of epoxide rings is 1. The molecule has 1 aromatic rings. The number of halogens is 2. The summed E-state index contributed by atoms with van der Waals surface area (Å²) < 4.78 is 39.8. The van der Waals surface area contributed by atoms with Crippen LogP contribution in [0, 0.1) is 0 Å². The van der Waals surface area contributed by atoms with Crippen LogP contribution in [0.4, 0.5) is 8.78 Å². The van der Waals surface area contributed by atoms with Gasteiger partial charge in [-0.05, 0) is 30.5 Å². The molecule has 21 heavy (non-hydrogen) atoms. The van der Waals surface area contributed by atoms with Crippen LogP contribution in [0.5, 0.6) is 5.75 Å². The number of carbonyl (C=O) groups is 1. The molecule has 1 heterocycles. The maximum Gasteiger partial charge on any atom is 0.388 e. The quantitative estimate of drug-likeness (QED) is 0.346. The SMILES string of the molecule is O=C(OCCCCOc1ccc(C2CO2)cc1)C(F)(F)S. The molecular weight excluding hydrogens is 302 g/mol. The summed E-state index contributed by atoms with van der Waals surface area (Å²) in [5.41, 5.74) is 1.13. The van der Waals surface area contributed by atoms with Crippen LogP contribution < -0.4 is 4.74 Å². The number of thiol groups is 1. The van der Waals surface area contributed by atoms with Gasteiger partial charge in [-0.2, -0.15) is 8.78 Å². The molecule has 0 spiro atoms. The normalized spacial score (nSPS) is 17.4. The molecule has 1 aliphatic rings. The van der Waals surface area contributed by atoms with E-state index >= 15 is 0 Å². The summed E-state index contributed by atoms with van der Waals surface area (Å²) in [6.07, 6.45) is 1.27. The van der Waals surface area contributed by atoms with Crippen molar-refractivity contribution in [1.29, 1.82) is 0 Å². The van der Waals surface area contributed by atoms with Crippen molar-refractivity contribution < 1.29 is 27.8 Å². The molecule has 1 unspecified atom stereocenters. The van der Waals surface area contributed by atoms with Gasteiger partial charge in [-0.1, -0.05) is 24.8 Å². The molecule has 7 heteroatoms. The minimum absolute atomic E-state index is 0.0731. The predicted molar refractivity (Wildman–Crippen MR) is 74.8 cm³/mol. The van der Waals surface area contributed by atoms with E-state index < -0.39 is 11.2 Å². The van der Waals surface area contributed by atoms with Crippen molar-refractivity contribution in [3.63, 3.8) is 0 Å². The van der Waals surface area contributed by atoms with Crippen LogP contribution in [0.3, 0.4) is 0 Å². The summed E-state index contributed by atoms with van der Waals surface area (Å²) in [6, 6.07) is 7.62. The first-order chi connectivity index (χ1) is 9.97. The molecular formula is C14H16F2O4S. The van der Waals surface area contributed by atoms with Gasteiger partial charge in [-0.25, -0.2) is 4.79 Å². The number of hydrogen-bond donors (Lipinski definition) is 1. The van der Waals surface area contributed by atoms with Gasteiger partial charge in [0.15, 0.2) is 0 Å². The lowest BCUT2D eigenvalue weighted by atomic mass is 10.2. The first-order valence-corrected chi connectivity index (χ1v) is 7.03. The monoisotopic (exact) mass is 318 g/mol. The van der Waals surface area contributed by atoms with Gasteiger partial charge in [0.1, 0.15) is 11.9 Å². The van der Waals surface area contributed by atoms with Crippen molar-refractivity contribution in [2.45, 2.75) is 24.2 Å². The van der Waals surface area contributed by atoms with Crippen LogP contribution >= 0.6 is 12.6 Å². The maximum atomic E-state index is 12.4. The second kappa shape index (κ2) is 7.09. The standard InChI is InChI=1S/C14H16F2O4S/c15-14(16,21)13(17)19-8-2-1-7-18-11-5-3-10(4-6-11)12-9-20-12/h3-6,12,21H,1-2,7-9H2. The van der Waals surface area contributed by atoms with Crippen molar-refractivity contribution in [3.8, 4) is 5.75 Å². The third-order valence-corrected chi connectivity index (χ3v) is 3.05. The lowest BCUT2D eigenvalue weighted by molar-refractivity contribution is -0.160. The Morgan fingerprint density at radius 2 is 1.90 bits per heavy atom. The second-order valence-electron chi connectivity index (χ2n) is 4.62. The Bertz CT molecular complexity index is 469. The van der Waals surface area contributed by atoms with E-state index in [4.69, 9.17) is 9.47 Å². The Hall–Kier alpha value is -1.34. The van der Waals surface area contributed by atoms with Crippen LogP contribution in [0.1, 0.15) is 24.5 Å². The zero-order chi connectivity index (χ0) is 15.3. The molecule has 1 fully saturated rings. The van der Waals surface area contributed by atoms with Gasteiger partial charge in [-0.3, -0.25) is 0 Å². The molecule has 116 valence electrons. The Labute approximate surface area is 126 Å². The minimum atomic E-state index is -3.73. The highest BCUT2D eigenvalue weighted by atomic mass is 32.1. The van der Waals surface area contributed by atoms with Gasteiger partial charge < -0.3 is 14.2 Å². The highest BCUT2D eigenvalue weighted by Gasteiger charge is 2.35. The van der Waals surface area contributed by atoms with Crippen LogP contribution in [-0.4, -0.2) is 31.0 Å². The summed E-state index contributed by atoms with van der Waals surface area (Å²) in [5, 5.41) is -3.73. The topological polar surface area (TPSA) is 48.1 Å². The molecule has 0 amide bonds.